The third-order valence-corrected chi connectivity index (χ3v) is 6.94. The number of hydrogen-bond acceptors (Lipinski definition) is 4. The molecule has 3 heterocycles. The monoisotopic (exact) mass is 529 g/mol. The third kappa shape index (κ3) is 5.16. The van der Waals surface area contributed by atoms with Gasteiger partial charge in [-0.3, -0.25) is 14.6 Å². The van der Waals surface area contributed by atoms with Crippen molar-refractivity contribution in [3.8, 4) is 0 Å². The van der Waals surface area contributed by atoms with E-state index in [4.69, 9.17) is 0 Å². The first-order chi connectivity index (χ1) is 18.9. The number of imidazole rings is 1. The van der Waals surface area contributed by atoms with Crippen LogP contribution in [0.4, 0.5) is 19.0 Å². The van der Waals surface area contributed by atoms with Crippen LogP contribution >= 0.6 is 0 Å². The number of nitrogens with zero attached hydrogens (tertiary/aromatic N) is 5. The molecule has 39 heavy (non-hydrogen) atoms. The van der Waals surface area contributed by atoms with Crippen molar-refractivity contribution in [3.05, 3.63) is 119 Å². The first-order valence-electron chi connectivity index (χ1n) is 12.8. The summed E-state index contributed by atoms with van der Waals surface area (Å²) in [5, 5.41) is 0. The fraction of sp³-hybridized carbons (Fsp3) is 0.233. The zero-order valence-electron chi connectivity index (χ0n) is 21.1. The van der Waals surface area contributed by atoms with Gasteiger partial charge in [0.05, 0.1) is 19.1 Å². The second-order valence-corrected chi connectivity index (χ2v) is 9.82. The van der Waals surface area contributed by atoms with Crippen molar-refractivity contribution in [2.45, 2.75) is 31.6 Å². The largest absolute Gasteiger partial charge is 0.406 e. The highest BCUT2D eigenvalue weighted by atomic mass is 19.4. The molecule has 0 spiro atoms. The van der Waals surface area contributed by atoms with E-state index in [0.717, 1.165) is 21.6 Å². The Labute approximate surface area is 224 Å². The summed E-state index contributed by atoms with van der Waals surface area (Å²) >= 11 is 0. The number of hydrogen-bond donors (Lipinski definition) is 0. The van der Waals surface area contributed by atoms with Crippen LogP contribution in [0.15, 0.2) is 96.0 Å². The molecule has 1 amide bonds. The lowest BCUT2D eigenvalue weighted by Crippen LogP contribution is -2.53. The Hall–Kier alpha value is -4.40. The summed E-state index contributed by atoms with van der Waals surface area (Å²) in [4.78, 5) is 25.5. The molecule has 0 aliphatic carbocycles. The Balaban J connectivity index is 1.45. The third-order valence-electron chi connectivity index (χ3n) is 6.94. The number of aromatic nitrogens is 2. The van der Waals surface area contributed by atoms with Crippen LogP contribution in [0, 0.1) is 0 Å². The van der Waals surface area contributed by atoms with Crippen LogP contribution in [0.5, 0.6) is 0 Å². The number of aliphatic imine (C=N–C) groups is 1. The lowest BCUT2D eigenvalue weighted by atomic mass is 10.1. The number of halogens is 3. The summed E-state index contributed by atoms with van der Waals surface area (Å²) in [5.74, 6) is 0.371. The van der Waals surface area contributed by atoms with Crippen LogP contribution < -0.4 is 4.90 Å². The van der Waals surface area contributed by atoms with Crippen molar-refractivity contribution in [2.75, 3.05) is 18.0 Å². The molecule has 2 aliphatic rings. The molecule has 1 aromatic heterocycles. The first kappa shape index (κ1) is 24.9. The molecule has 0 bridgehead atoms. The molecule has 0 unspecified atom stereocenters. The number of carbonyl (C=O) groups excluding carboxylic acids is 1. The minimum Gasteiger partial charge on any atom is -0.309 e. The minimum absolute atomic E-state index is 0.0282. The van der Waals surface area contributed by atoms with Crippen LogP contribution in [0.3, 0.4) is 0 Å². The zero-order chi connectivity index (χ0) is 27.0. The van der Waals surface area contributed by atoms with Gasteiger partial charge in [-0.05, 0) is 23.1 Å². The summed E-state index contributed by atoms with van der Waals surface area (Å²) in [6.45, 7) is -0.645. The van der Waals surface area contributed by atoms with Gasteiger partial charge in [0.1, 0.15) is 18.2 Å². The highest BCUT2D eigenvalue weighted by molar-refractivity contribution is 6.18. The summed E-state index contributed by atoms with van der Waals surface area (Å²) in [5.41, 5.74) is 3.05. The Morgan fingerprint density at radius 2 is 1.41 bits per heavy atom. The van der Waals surface area contributed by atoms with E-state index in [-0.39, 0.29) is 17.7 Å². The molecule has 6 nitrogen and oxygen atoms in total. The molecule has 0 saturated carbocycles. The maximum Gasteiger partial charge on any atom is 0.406 e. The van der Waals surface area contributed by atoms with Gasteiger partial charge in [0.15, 0.2) is 5.69 Å². The van der Waals surface area contributed by atoms with Gasteiger partial charge in [0, 0.05) is 6.42 Å². The lowest BCUT2D eigenvalue weighted by molar-refractivity contribution is -0.134. The molecule has 0 radical (unpaired) electrons. The average Bonchev–Trinajstić information content (AvgIpc) is 3.49. The molecule has 4 aromatic rings. The van der Waals surface area contributed by atoms with E-state index in [1.54, 1.807) is 4.90 Å². The number of fused-ring (bicyclic) bond motifs is 3. The SMILES string of the molecule is O=C1c2nc(Cc3ccccc3)n(Cc3ccccc3)c2N2C[C@@H](Cc3ccccc3)N=C2N1CC(F)(F)F. The molecule has 2 aliphatic heterocycles. The average molecular weight is 530 g/mol. The zero-order valence-corrected chi connectivity index (χ0v) is 21.1. The van der Waals surface area contributed by atoms with E-state index in [2.05, 4.69) is 9.98 Å². The molecule has 0 fully saturated rings. The minimum atomic E-state index is -4.58. The van der Waals surface area contributed by atoms with E-state index < -0.39 is 18.6 Å². The summed E-state index contributed by atoms with van der Waals surface area (Å²) < 4.78 is 42.9. The van der Waals surface area contributed by atoms with E-state index in [1.807, 2.05) is 95.6 Å². The Morgan fingerprint density at radius 1 is 0.821 bits per heavy atom. The second-order valence-electron chi connectivity index (χ2n) is 9.82. The standard InChI is InChI=1S/C30H26F3N5O/c31-30(32,33)20-38-28(39)26-27(37-19-24(34-29(37)38)16-21-10-4-1-5-11-21)36(18-23-14-8-3-9-15-23)25(35-26)17-22-12-6-2-7-13-22/h1-15,24H,16-20H2/t24-/m1/s1. The van der Waals surface area contributed by atoms with E-state index in [9.17, 15) is 18.0 Å². The number of rotatable bonds is 7. The maximum absolute atomic E-state index is 13.7. The molecule has 9 heteroatoms. The van der Waals surface area contributed by atoms with Crippen LogP contribution in [-0.2, 0) is 19.4 Å². The lowest BCUT2D eigenvalue weighted by Gasteiger charge is -2.34. The predicted octanol–water partition coefficient (Wildman–Crippen LogP) is 5.33. The van der Waals surface area contributed by atoms with Gasteiger partial charge in [-0.15, -0.1) is 0 Å². The Kier molecular flexibility index (Phi) is 6.42. The van der Waals surface area contributed by atoms with Crippen molar-refractivity contribution < 1.29 is 18.0 Å². The van der Waals surface area contributed by atoms with Gasteiger partial charge in [-0.2, -0.15) is 13.2 Å². The molecular weight excluding hydrogens is 503 g/mol. The summed E-state index contributed by atoms with van der Waals surface area (Å²) in [6, 6.07) is 28.9. The number of anilines is 1. The van der Waals surface area contributed by atoms with E-state index in [0.29, 0.717) is 37.6 Å². The van der Waals surface area contributed by atoms with E-state index in [1.165, 1.54) is 0 Å². The molecule has 198 valence electrons. The van der Waals surface area contributed by atoms with Gasteiger partial charge >= 0.3 is 6.18 Å². The molecule has 1 atom stereocenters. The molecule has 6 rings (SSSR count). The number of carbonyl (C=O) groups is 1. The van der Waals surface area contributed by atoms with Gasteiger partial charge in [-0.25, -0.2) is 9.98 Å². The van der Waals surface area contributed by atoms with Gasteiger partial charge in [0.25, 0.3) is 5.91 Å². The maximum atomic E-state index is 13.7. The molecule has 0 saturated heterocycles. The fourth-order valence-corrected chi connectivity index (χ4v) is 5.25. The van der Waals surface area contributed by atoms with Crippen molar-refractivity contribution >= 4 is 17.7 Å². The normalized spacial score (nSPS) is 16.7. The van der Waals surface area contributed by atoms with E-state index >= 15 is 0 Å². The van der Waals surface area contributed by atoms with Crippen molar-refractivity contribution in [3.63, 3.8) is 0 Å². The van der Waals surface area contributed by atoms with Gasteiger partial charge < -0.3 is 4.57 Å². The molecule has 3 aromatic carbocycles. The smallest absolute Gasteiger partial charge is 0.309 e. The molecule has 0 N–H and O–H groups in total. The summed E-state index contributed by atoms with van der Waals surface area (Å²) in [6.07, 6.45) is -3.60. The Morgan fingerprint density at radius 3 is 2.03 bits per heavy atom. The second kappa shape index (κ2) is 10.1. The number of alkyl halides is 3. The van der Waals surface area contributed by atoms with Gasteiger partial charge in [-0.1, -0.05) is 91.0 Å². The summed E-state index contributed by atoms with van der Waals surface area (Å²) in [7, 11) is 0. The van der Waals surface area contributed by atoms with Crippen molar-refractivity contribution in [2.24, 2.45) is 4.99 Å². The van der Waals surface area contributed by atoms with Crippen LogP contribution in [-0.4, -0.2) is 51.6 Å². The van der Waals surface area contributed by atoms with Crippen LogP contribution in [0.25, 0.3) is 0 Å². The highest BCUT2D eigenvalue weighted by Crippen LogP contribution is 2.36. The predicted molar refractivity (Wildman–Crippen MR) is 143 cm³/mol. The van der Waals surface area contributed by atoms with Crippen LogP contribution in [0.2, 0.25) is 0 Å². The van der Waals surface area contributed by atoms with Gasteiger partial charge in [0.2, 0.25) is 5.96 Å². The number of guanidine groups is 1. The highest BCUT2D eigenvalue weighted by Gasteiger charge is 2.47. The Bertz CT molecular complexity index is 1500. The van der Waals surface area contributed by atoms with Crippen molar-refractivity contribution in [1.82, 2.24) is 14.5 Å². The number of benzene rings is 3. The fourth-order valence-electron chi connectivity index (χ4n) is 5.25. The number of amides is 1. The molecular formula is C30H26F3N5O. The first-order valence-corrected chi connectivity index (χ1v) is 12.8. The topological polar surface area (TPSA) is 53.7 Å². The van der Waals surface area contributed by atoms with Crippen molar-refractivity contribution in [1.29, 1.82) is 0 Å². The quantitative estimate of drug-likeness (QED) is 0.325. The van der Waals surface area contributed by atoms with Crippen LogP contribution in [0.1, 0.15) is 33.0 Å².